The molecule has 0 aromatic heterocycles. The predicted octanol–water partition coefficient (Wildman–Crippen LogP) is 1.88. The van der Waals surface area contributed by atoms with Crippen LogP contribution >= 0.6 is 0 Å². The highest BCUT2D eigenvalue weighted by Crippen LogP contribution is 2.39. The topological polar surface area (TPSA) is 69.6 Å². The van der Waals surface area contributed by atoms with Crippen LogP contribution in [0.2, 0.25) is 0 Å². The lowest BCUT2D eigenvalue weighted by Gasteiger charge is -2.40. The number of rotatable bonds is 7. The van der Waals surface area contributed by atoms with Crippen molar-refractivity contribution in [3.8, 4) is 0 Å². The summed E-state index contributed by atoms with van der Waals surface area (Å²) < 4.78 is 28.0. The van der Waals surface area contributed by atoms with Crippen LogP contribution in [0, 0.1) is 5.41 Å². The summed E-state index contributed by atoms with van der Waals surface area (Å²) in [5.74, 6) is 0. The Balaban J connectivity index is 2.49. The third-order valence-electron chi connectivity index (χ3n) is 4.35. The van der Waals surface area contributed by atoms with Gasteiger partial charge in [0.2, 0.25) is 0 Å². The summed E-state index contributed by atoms with van der Waals surface area (Å²) in [5, 5.41) is 10.5. The Bertz CT molecular complexity index is 397. The van der Waals surface area contributed by atoms with Gasteiger partial charge in [-0.2, -0.15) is 17.4 Å². The van der Waals surface area contributed by atoms with Crippen LogP contribution < -0.4 is 4.72 Å². The van der Waals surface area contributed by atoms with E-state index < -0.39 is 15.8 Å². The van der Waals surface area contributed by atoms with Crippen molar-refractivity contribution in [3.05, 3.63) is 0 Å². The summed E-state index contributed by atoms with van der Waals surface area (Å²) in [6.45, 7) is 7.03. The minimum atomic E-state index is -3.48. The maximum atomic E-state index is 12.1. The molecule has 0 bridgehead atoms. The maximum Gasteiger partial charge on any atom is 0.279 e. The average molecular weight is 306 g/mol. The van der Waals surface area contributed by atoms with Crippen molar-refractivity contribution >= 4 is 10.2 Å². The molecule has 0 saturated heterocycles. The van der Waals surface area contributed by atoms with Gasteiger partial charge in [-0.3, -0.25) is 0 Å². The second-order valence-corrected chi connectivity index (χ2v) is 8.75. The van der Waals surface area contributed by atoms with Crippen LogP contribution in [0.5, 0.6) is 0 Å². The quantitative estimate of drug-likeness (QED) is 0.754. The molecule has 120 valence electrons. The number of aliphatic hydroxyl groups is 1. The van der Waals surface area contributed by atoms with E-state index in [2.05, 4.69) is 18.6 Å². The Hall–Kier alpha value is -0.170. The van der Waals surface area contributed by atoms with Crippen molar-refractivity contribution in [2.75, 3.05) is 20.1 Å². The summed E-state index contributed by atoms with van der Waals surface area (Å²) in [7, 11) is -1.90. The molecule has 0 unspecified atom stereocenters. The molecule has 5 nitrogen and oxygen atoms in total. The van der Waals surface area contributed by atoms with Gasteiger partial charge in [0.1, 0.15) is 0 Å². The summed E-state index contributed by atoms with van der Waals surface area (Å²) in [5.41, 5.74) is -0.642. The molecular weight excluding hydrogens is 276 g/mol. The zero-order valence-corrected chi connectivity index (χ0v) is 14.1. The lowest BCUT2D eigenvalue weighted by molar-refractivity contribution is -0.0207. The Labute approximate surface area is 123 Å². The van der Waals surface area contributed by atoms with Gasteiger partial charge in [0.05, 0.1) is 5.60 Å². The van der Waals surface area contributed by atoms with E-state index in [0.29, 0.717) is 19.4 Å². The zero-order valence-electron chi connectivity index (χ0n) is 13.3. The number of unbranched alkanes of at least 4 members (excludes halogenated alkanes) is 1. The minimum absolute atomic E-state index is 0.113. The van der Waals surface area contributed by atoms with Crippen LogP contribution in [0.1, 0.15) is 59.3 Å². The molecule has 1 aliphatic rings. The minimum Gasteiger partial charge on any atom is -0.389 e. The Morgan fingerprint density at radius 2 is 1.75 bits per heavy atom. The number of hydrogen-bond donors (Lipinski definition) is 2. The van der Waals surface area contributed by atoms with E-state index in [1.54, 1.807) is 7.05 Å². The summed E-state index contributed by atoms with van der Waals surface area (Å²) in [6, 6.07) is 0. The van der Waals surface area contributed by atoms with E-state index >= 15 is 0 Å². The second kappa shape index (κ2) is 6.73. The van der Waals surface area contributed by atoms with Crippen LogP contribution in [-0.4, -0.2) is 43.6 Å². The standard InChI is InChI=1S/C14H30N2O3S/c1-5-6-11-16(4)20(18,19)15-12-14(17)9-7-13(2,3)8-10-14/h15,17H,5-12H2,1-4H3. The number of nitrogens with one attached hydrogen (secondary N) is 1. The molecule has 0 aromatic carbocycles. The highest BCUT2D eigenvalue weighted by Gasteiger charge is 2.37. The molecule has 1 aliphatic carbocycles. The fourth-order valence-electron chi connectivity index (χ4n) is 2.41. The molecule has 0 radical (unpaired) electrons. The molecule has 0 heterocycles. The molecule has 1 rings (SSSR count). The van der Waals surface area contributed by atoms with E-state index in [1.807, 2.05) is 6.92 Å². The molecular formula is C14H30N2O3S. The molecule has 20 heavy (non-hydrogen) atoms. The lowest BCUT2D eigenvalue weighted by Crippen LogP contribution is -2.49. The van der Waals surface area contributed by atoms with Crippen LogP contribution in [0.25, 0.3) is 0 Å². The monoisotopic (exact) mass is 306 g/mol. The van der Waals surface area contributed by atoms with Crippen LogP contribution in [0.4, 0.5) is 0 Å². The average Bonchev–Trinajstić information content (AvgIpc) is 2.38. The second-order valence-electron chi connectivity index (χ2n) is 6.89. The molecule has 0 atom stereocenters. The highest BCUT2D eigenvalue weighted by atomic mass is 32.2. The molecule has 0 aromatic rings. The van der Waals surface area contributed by atoms with Gasteiger partial charge in [0.25, 0.3) is 10.2 Å². The summed E-state index contributed by atoms with van der Waals surface area (Å²) in [6.07, 6.45) is 4.96. The van der Waals surface area contributed by atoms with Crippen molar-refractivity contribution in [1.29, 1.82) is 0 Å². The van der Waals surface area contributed by atoms with Gasteiger partial charge >= 0.3 is 0 Å². The summed E-state index contributed by atoms with van der Waals surface area (Å²) >= 11 is 0. The van der Waals surface area contributed by atoms with Gasteiger partial charge in [-0.1, -0.05) is 27.2 Å². The first kappa shape index (κ1) is 17.9. The first-order chi connectivity index (χ1) is 9.10. The van der Waals surface area contributed by atoms with E-state index in [4.69, 9.17) is 0 Å². The normalized spacial score (nSPS) is 22.1. The van der Waals surface area contributed by atoms with Gasteiger partial charge in [0, 0.05) is 20.1 Å². The SMILES string of the molecule is CCCCN(C)S(=O)(=O)NCC1(O)CCC(C)(C)CC1. The first-order valence-electron chi connectivity index (χ1n) is 7.54. The molecule has 0 spiro atoms. The summed E-state index contributed by atoms with van der Waals surface area (Å²) in [4.78, 5) is 0. The van der Waals surface area contributed by atoms with E-state index in [-0.39, 0.29) is 12.0 Å². The number of nitrogens with zero attached hydrogens (tertiary/aromatic N) is 1. The van der Waals surface area contributed by atoms with E-state index in [0.717, 1.165) is 25.7 Å². The van der Waals surface area contributed by atoms with Crippen LogP contribution in [0.15, 0.2) is 0 Å². The van der Waals surface area contributed by atoms with Crippen molar-refractivity contribution in [2.24, 2.45) is 5.41 Å². The van der Waals surface area contributed by atoms with Gasteiger partial charge < -0.3 is 5.11 Å². The smallest absolute Gasteiger partial charge is 0.279 e. The van der Waals surface area contributed by atoms with Crippen molar-refractivity contribution in [1.82, 2.24) is 9.03 Å². The third kappa shape index (κ3) is 5.31. The third-order valence-corrected chi connectivity index (χ3v) is 5.87. The van der Waals surface area contributed by atoms with Crippen molar-refractivity contribution in [2.45, 2.75) is 64.9 Å². The largest absolute Gasteiger partial charge is 0.389 e. The maximum absolute atomic E-state index is 12.1. The zero-order chi connectivity index (χ0) is 15.4. The number of hydrogen-bond acceptors (Lipinski definition) is 3. The molecule has 0 aliphatic heterocycles. The van der Waals surface area contributed by atoms with Gasteiger partial charge in [0.15, 0.2) is 0 Å². The Morgan fingerprint density at radius 3 is 2.25 bits per heavy atom. The van der Waals surface area contributed by atoms with Crippen LogP contribution in [0.3, 0.4) is 0 Å². The highest BCUT2D eigenvalue weighted by molar-refractivity contribution is 7.87. The van der Waals surface area contributed by atoms with Gasteiger partial charge in [-0.15, -0.1) is 0 Å². The molecule has 2 N–H and O–H groups in total. The predicted molar refractivity (Wildman–Crippen MR) is 81.7 cm³/mol. The fourth-order valence-corrected chi connectivity index (χ4v) is 3.45. The molecule has 0 amide bonds. The Morgan fingerprint density at radius 1 is 1.20 bits per heavy atom. The first-order valence-corrected chi connectivity index (χ1v) is 8.98. The lowest BCUT2D eigenvalue weighted by atomic mass is 9.71. The van der Waals surface area contributed by atoms with Gasteiger partial charge in [-0.05, 0) is 37.5 Å². The fraction of sp³-hybridized carbons (Fsp3) is 1.00. The molecule has 6 heteroatoms. The van der Waals surface area contributed by atoms with Crippen molar-refractivity contribution in [3.63, 3.8) is 0 Å². The van der Waals surface area contributed by atoms with E-state index in [9.17, 15) is 13.5 Å². The molecule has 1 saturated carbocycles. The van der Waals surface area contributed by atoms with Crippen LogP contribution in [-0.2, 0) is 10.2 Å². The van der Waals surface area contributed by atoms with Gasteiger partial charge in [-0.25, -0.2) is 0 Å². The van der Waals surface area contributed by atoms with Crippen molar-refractivity contribution < 1.29 is 13.5 Å². The molecule has 1 fully saturated rings. The Kier molecular flexibility index (Phi) is 6.01. The van der Waals surface area contributed by atoms with E-state index in [1.165, 1.54) is 4.31 Å².